The molecule has 0 atom stereocenters. The maximum atomic E-state index is 4.93. The van der Waals surface area contributed by atoms with Crippen LogP contribution < -0.4 is 4.57 Å². The van der Waals surface area contributed by atoms with Gasteiger partial charge in [0, 0.05) is 30.0 Å². The Morgan fingerprint density at radius 2 is 1.32 bits per heavy atom. The van der Waals surface area contributed by atoms with Crippen molar-refractivity contribution in [1.29, 1.82) is 0 Å². The molecule has 0 spiro atoms. The summed E-state index contributed by atoms with van der Waals surface area (Å²) >= 11 is 0. The minimum Gasteiger partial charge on any atom is -0.264 e. The van der Waals surface area contributed by atoms with Gasteiger partial charge >= 0.3 is 0 Å². The van der Waals surface area contributed by atoms with Gasteiger partial charge in [-0.15, -0.1) is 4.57 Å². The van der Waals surface area contributed by atoms with E-state index in [0.29, 0.717) is 0 Å². The van der Waals surface area contributed by atoms with Gasteiger partial charge < -0.3 is 0 Å². The average molecular weight is 442 g/mol. The molecule has 0 fully saturated rings. The smallest absolute Gasteiger partial charge is 0.239 e. The molecule has 5 rings (SSSR count). The van der Waals surface area contributed by atoms with E-state index in [2.05, 4.69) is 65.3 Å². The van der Waals surface area contributed by atoms with Crippen molar-refractivity contribution >= 4 is 51.4 Å². The van der Waals surface area contributed by atoms with E-state index in [0.717, 1.165) is 61.5 Å². The molecule has 34 heavy (non-hydrogen) atoms. The Labute approximate surface area is 199 Å². The second-order valence-electron chi connectivity index (χ2n) is 8.34. The molecular formula is C30H25N4+. The Kier molecular flexibility index (Phi) is 5.56. The van der Waals surface area contributed by atoms with Crippen LogP contribution in [0.2, 0.25) is 0 Å². The molecule has 4 aromatic carbocycles. The quantitative estimate of drug-likeness (QED) is 0.162. The van der Waals surface area contributed by atoms with Gasteiger partial charge in [0.2, 0.25) is 16.7 Å². The van der Waals surface area contributed by atoms with Crippen molar-refractivity contribution in [1.82, 2.24) is 4.98 Å². The first-order valence-electron chi connectivity index (χ1n) is 11.2. The van der Waals surface area contributed by atoms with E-state index in [-0.39, 0.29) is 0 Å². The maximum Gasteiger partial charge on any atom is 0.239 e. The topological polar surface area (TPSA) is 41.5 Å². The molecule has 4 nitrogen and oxygen atoms in total. The van der Waals surface area contributed by atoms with Crippen molar-refractivity contribution in [2.75, 3.05) is 0 Å². The van der Waals surface area contributed by atoms with Gasteiger partial charge in [0.25, 0.3) is 0 Å². The third-order valence-corrected chi connectivity index (χ3v) is 5.93. The number of rotatable bonds is 5. The largest absolute Gasteiger partial charge is 0.264 e. The molecular weight excluding hydrogens is 416 g/mol. The second kappa shape index (κ2) is 8.83. The summed E-state index contributed by atoms with van der Waals surface area (Å²) in [6.45, 7) is 11.8. The van der Waals surface area contributed by atoms with Crippen LogP contribution in [0.1, 0.15) is 25.0 Å². The van der Waals surface area contributed by atoms with Crippen LogP contribution in [0.5, 0.6) is 0 Å². The first-order chi connectivity index (χ1) is 16.5. The number of nitrogens with zero attached hydrogens (tertiary/aromatic N) is 4. The van der Waals surface area contributed by atoms with E-state index < -0.39 is 0 Å². The third kappa shape index (κ3) is 4.02. The number of para-hydroxylation sites is 1. The van der Waals surface area contributed by atoms with Gasteiger partial charge in [-0.3, -0.25) is 9.98 Å². The van der Waals surface area contributed by atoms with E-state index in [4.69, 9.17) is 9.98 Å². The summed E-state index contributed by atoms with van der Waals surface area (Å²) < 4.78 is 2.21. The van der Waals surface area contributed by atoms with Crippen LogP contribution in [0.25, 0.3) is 33.3 Å². The molecule has 0 aliphatic carbocycles. The number of hydrogen-bond acceptors (Lipinski definition) is 3. The van der Waals surface area contributed by atoms with Gasteiger partial charge in [-0.25, -0.2) is 4.98 Å². The molecule has 0 saturated carbocycles. The summed E-state index contributed by atoms with van der Waals surface area (Å²) in [6.07, 6.45) is 0. The summed E-state index contributed by atoms with van der Waals surface area (Å²) in [6, 6.07) is 30.7. The highest BCUT2D eigenvalue weighted by atomic mass is 15.0. The van der Waals surface area contributed by atoms with Crippen LogP contribution in [0.4, 0.5) is 11.4 Å². The van der Waals surface area contributed by atoms with Crippen molar-refractivity contribution in [3.8, 4) is 5.69 Å². The zero-order valence-corrected chi connectivity index (χ0v) is 19.4. The molecule has 164 valence electrons. The number of aliphatic imine (C=N–C) groups is 2. The van der Waals surface area contributed by atoms with Crippen molar-refractivity contribution in [2.24, 2.45) is 9.98 Å². The van der Waals surface area contributed by atoms with Crippen molar-refractivity contribution in [3.05, 3.63) is 109 Å². The minimum absolute atomic E-state index is 0.807. The fraction of sp³-hybridized carbons (Fsp3) is 0.0667. The highest BCUT2D eigenvalue weighted by Crippen LogP contribution is 2.25. The monoisotopic (exact) mass is 441 g/mol. The summed E-state index contributed by atoms with van der Waals surface area (Å²) in [5.41, 5.74) is 10.7. The lowest BCUT2D eigenvalue weighted by Crippen LogP contribution is -2.33. The Morgan fingerprint density at radius 1 is 0.735 bits per heavy atom. The fourth-order valence-corrected chi connectivity index (χ4v) is 4.11. The standard InChI is InChI=1S/C30H25N4/c1-20(2)22-10-12-23(13-11-22)21(3)32-25-15-17-28-30(19-25)34(26-8-6-5-7-9-26)29-18-24(31-4)14-16-27(29)33-28/h5-19H,1,4H2,2-3H3/q+1. The van der Waals surface area contributed by atoms with Crippen molar-refractivity contribution in [2.45, 2.75) is 13.8 Å². The van der Waals surface area contributed by atoms with Crippen molar-refractivity contribution < 1.29 is 4.57 Å². The zero-order chi connectivity index (χ0) is 23.7. The highest BCUT2D eigenvalue weighted by Gasteiger charge is 2.20. The van der Waals surface area contributed by atoms with Gasteiger partial charge in [-0.05, 0) is 56.0 Å². The van der Waals surface area contributed by atoms with E-state index in [1.54, 1.807) is 0 Å². The third-order valence-electron chi connectivity index (χ3n) is 5.93. The second-order valence-corrected chi connectivity index (χ2v) is 8.34. The minimum atomic E-state index is 0.807. The van der Waals surface area contributed by atoms with Gasteiger partial charge in [0.05, 0.1) is 11.4 Å². The predicted octanol–water partition coefficient (Wildman–Crippen LogP) is 7.17. The number of allylic oxidation sites excluding steroid dienone is 1. The summed E-state index contributed by atoms with van der Waals surface area (Å²) in [7, 11) is 0. The highest BCUT2D eigenvalue weighted by molar-refractivity contribution is 6.00. The molecule has 0 radical (unpaired) electrons. The molecule has 1 aromatic heterocycles. The first kappa shape index (κ1) is 21.4. The van der Waals surface area contributed by atoms with E-state index in [1.165, 1.54) is 0 Å². The molecule has 1 heterocycles. The molecule has 0 saturated heterocycles. The number of fused-ring (bicyclic) bond motifs is 2. The SMILES string of the molecule is C=Nc1ccc2nc3ccc(N=C(C)c4ccc(C(=C)C)cc4)cc3[n+](-c3ccccc3)c2c1. The molecule has 0 aliphatic rings. The summed E-state index contributed by atoms with van der Waals surface area (Å²) in [5, 5.41) is 0. The van der Waals surface area contributed by atoms with Crippen LogP contribution in [-0.4, -0.2) is 17.4 Å². The molecule has 0 amide bonds. The Hall–Kier alpha value is -4.44. The van der Waals surface area contributed by atoms with Crippen molar-refractivity contribution in [3.63, 3.8) is 0 Å². The fourth-order valence-electron chi connectivity index (χ4n) is 4.11. The first-order valence-corrected chi connectivity index (χ1v) is 11.2. The molecule has 0 aliphatic heterocycles. The van der Waals surface area contributed by atoms with Gasteiger partial charge in [-0.1, -0.05) is 54.6 Å². The normalized spacial score (nSPS) is 11.6. The molecule has 0 unspecified atom stereocenters. The Balaban J connectivity index is 1.70. The molecule has 0 bridgehead atoms. The van der Waals surface area contributed by atoms with Gasteiger partial charge in [-0.2, -0.15) is 0 Å². The average Bonchev–Trinajstić information content (AvgIpc) is 2.87. The Morgan fingerprint density at radius 3 is 1.94 bits per heavy atom. The van der Waals surface area contributed by atoms with E-state index in [9.17, 15) is 0 Å². The van der Waals surface area contributed by atoms with Gasteiger partial charge in [0.1, 0.15) is 11.0 Å². The Bertz CT molecular complexity index is 1580. The zero-order valence-electron chi connectivity index (χ0n) is 19.4. The van der Waals surface area contributed by atoms with Crippen LogP contribution >= 0.6 is 0 Å². The van der Waals surface area contributed by atoms with Crippen LogP contribution in [0.3, 0.4) is 0 Å². The lowest BCUT2D eigenvalue weighted by atomic mass is 10.0. The summed E-state index contributed by atoms with van der Waals surface area (Å²) in [4.78, 5) is 14.0. The van der Waals surface area contributed by atoms with Crippen LogP contribution in [0, 0.1) is 0 Å². The van der Waals surface area contributed by atoms with E-state index in [1.807, 2.05) is 62.4 Å². The molecule has 0 N–H and O–H groups in total. The van der Waals surface area contributed by atoms with Gasteiger partial charge in [0.15, 0.2) is 0 Å². The van der Waals surface area contributed by atoms with E-state index >= 15 is 0 Å². The molecule has 4 heteroatoms. The van der Waals surface area contributed by atoms with Crippen LogP contribution in [0.15, 0.2) is 108 Å². The number of hydrogen-bond donors (Lipinski definition) is 0. The molecule has 5 aromatic rings. The number of aromatic nitrogens is 2. The lowest BCUT2D eigenvalue weighted by molar-refractivity contribution is -0.538. The summed E-state index contributed by atoms with van der Waals surface area (Å²) in [5.74, 6) is 0. The lowest BCUT2D eigenvalue weighted by Gasteiger charge is -2.07. The number of benzene rings is 4. The maximum absolute atomic E-state index is 4.93. The predicted molar refractivity (Wildman–Crippen MR) is 143 cm³/mol. The van der Waals surface area contributed by atoms with Crippen LogP contribution in [-0.2, 0) is 0 Å².